The van der Waals surface area contributed by atoms with E-state index in [1.165, 1.54) is 37.3 Å². The molecule has 39 heavy (non-hydrogen) atoms. The summed E-state index contributed by atoms with van der Waals surface area (Å²) in [6.45, 7) is 4.50. The van der Waals surface area contributed by atoms with E-state index in [0.717, 1.165) is 11.0 Å². The minimum absolute atomic E-state index is 0.197. The molecule has 2 aliphatic rings. The van der Waals surface area contributed by atoms with Crippen LogP contribution >= 0.6 is 0 Å². The fraction of sp³-hybridized carbons (Fsp3) is 0.357. The van der Waals surface area contributed by atoms with Crippen molar-refractivity contribution in [1.82, 2.24) is 9.80 Å². The molecule has 1 fully saturated rings. The number of carbonyl (C=O) groups excluding carboxylic acids is 3. The average molecular weight is 543 g/mol. The van der Waals surface area contributed by atoms with E-state index in [1.54, 1.807) is 11.0 Å². The lowest BCUT2D eigenvalue weighted by Gasteiger charge is -2.34. The summed E-state index contributed by atoms with van der Waals surface area (Å²) in [5.74, 6) is -2.00. The van der Waals surface area contributed by atoms with Crippen molar-refractivity contribution in [1.29, 1.82) is 5.26 Å². The summed E-state index contributed by atoms with van der Waals surface area (Å²) in [6, 6.07) is 9.85. The van der Waals surface area contributed by atoms with Crippen molar-refractivity contribution < 1.29 is 31.9 Å². The zero-order valence-electron chi connectivity index (χ0n) is 21.2. The third-order valence-corrected chi connectivity index (χ3v) is 7.01. The number of hydrogen-bond donors (Lipinski definition) is 0. The number of unbranched alkanes of at least 4 members (excludes halogenated alkanes) is 1. The molecule has 0 bridgehead atoms. The molecule has 0 spiro atoms. The molecule has 0 N–H and O–H groups in total. The van der Waals surface area contributed by atoms with Crippen LogP contribution in [0.1, 0.15) is 47.7 Å². The molecule has 0 aliphatic carbocycles. The standard InChI is InChI=1S/C28H26F4N4O3/c1-18-23(27(39)36(25(18)37)22-9-8-20(17-33)24(16-22)28(30,31)32)7-2-3-10-34-11-13-35(14-12-34)26(38)19-5-4-6-21(29)15-19/h4-6,8-9,15-16H,2-3,7,10-14H2,1H3. The highest BCUT2D eigenvalue weighted by Gasteiger charge is 2.39. The zero-order valence-corrected chi connectivity index (χ0v) is 21.2. The Morgan fingerprint density at radius 1 is 1.00 bits per heavy atom. The first-order valence-corrected chi connectivity index (χ1v) is 12.5. The van der Waals surface area contributed by atoms with Gasteiger partial charge in [-0.25, -0.2) is 9.29 Å². The maximum absolute atomic E-state index is 13.4. The Morgan fingerprint density at radius 3 is 2.36 bits per heavy atom. The van der Waals surface area contributed by atoms with Gasteiger partial charge in [-0.3, -0.25) is 19.3 Å². The molecule has 4 rings (SSSR count). The van der Waals surface area contributed by atoms with Crippen molar-refractivity contribution >= 4 is 23.4 Å². The monoisotopic (exact) mass is 542 g/mol. The number of benzene rings is 2. The molecule has 2 heterocycles. The number of amides is 3. The van der Waals surface area contributed by atoms with Crippen LogP contribution in [-0.2, 0) is 15.8 Å². The smallest absolute Gasteiger partial charge is 0.336 e. The van der Waals surface area contributed by atoms with Crippen molar-refractivity contribution in [2.75, 3.05) is 37.6 Å². The number of rotatable bonds is 7. The summed E-state index contributed by atoms with van der Waals surface area (Å²) in [7, 11) is 0. The molecule has 3 amide bonds. The van der Waals surface area contributed by atoms with Crippen molar-refractivity contribution in [2.45, 2.75) is 32.4 Å². The van der Waals surface area contributed by atoms with Gasteiger partial charge < -0.3 is 4.90 Å². The molecular formula is C28H26F4N4O3. The van der Waals surface area contributed by atoms with Crippen LogP contribution in [0.15, 0.2) is 53.6 Å². The fourth-order valence-electron chi connectivity index (χ4n) is 4.83. The fourth-order valence-corrected chi connectivity index (χ4v) is 4.83. The van der Waals surface area contributed by atoms with Gasteiger partial charge in [0.25, 0.3) is 17.7 Å². The lowest BCUT2D eigenvalue weighted by atomic mass is 10.0. The molecule has 0 radical (unpaired) electrons. The summed E-state index contributed by atoms with van der Waals surface area (Å²) in [6.07, 6.45) is -3.21. The Balaban J connectivity index is 1.29. The van der Waals surface area contributed by atoms with Crippen LogP contribution in [0.25, 0.3) is 0 Å². The van der Waals surface area contributed by atoms with Crippen molar-refractivity contribution in [3.63, 3.8) is 0 Å². The van der Waals surface area contributed by atoms with Crippen molar-refractivity contribution in [2.24, 2.45) is 0 Å². The molecule has 2 aliphatic heterocycles. The number of carbonyl (C=O) groups is 3. The van der Waals surface area contributed by atoms with Crippen LogP contribution in [0.4, 0.5) is 23.2 Å². The van der Waals surface area contributed by atoms with Crippen LogP contribution in [0.5, 0.6) is 0 Å². The third kappa shape index (κ3) is 6.01. The van der Waals surface area contributed by atoms with Gasteiger partial charge in [0, 0.05) is 42.9 Å². The highest BCUT2D eigenvalue weighted by Crippen LogP contribution is 2.36. The minimum Gasteiger partial charge on any atom is -0.336 e. The summed E-state index contributed by atoms with van der Waals surface area (Å²) < 4.78 is 53.6. The Morgan fingerprint density at radius 2 is 1.72 bits per heavy atom. The number of alkyl halides is 3. The zero-order chi connectivity index (χ0) is 28.3. The lowest BCUT2D eigenvalue weighted by Crippen LogP contribution is -2.48. The number of anilines is 1. The van der Waals surface area contributed by atoms with E-state index in [2.05, 4.69) is 4.90 Å². The SMILES string of the molecule is CC1=C(CCCCN2CCN(C(=O)c3cccc(F)c3)CC2)C(=O)N(c2ccc(C#N)c(C(F)(F)F)c2)C1=O. The van der Waals surface area contributed by atoms with Crippen LogP contribution in [0, 0.1) is 17.1 Å². The van der Waals surface area contributed by atoms with Gasteiger partial charge in [-0.1, -0.05) is 6.07 Å². The molecule has 7 nitrogen and oxygen atoms in total. The van der Waals surface area contributed by atoms with E-state index in [4.69, 9.17) is 5.26 Å². The third-order valence-electron chi connectivity index (χ3n) is 7.01. The quantitative estimate of drug-likeness (QED) is 0.292. The van der Waals surface area contributed by atoms with Crippen molar-refractivity contribution in [3.05, 3.63) is 76.1 Å². The number of piperazine rings is 1. The van der Waals surface area contributed by atoms with Crippen LogP contribution in [0.3, 0.4) is 0 Å². The molecule has 0 aromatic heterocycles. The number of nitriles is 1. The van der Waals surface area contributed by atoms with Gasteiger partial charge in [0.2, 0.25) is 0 Å². The van der Waals surface area contributed by atoms with E-state index in [1.807, 2.05) is 0 Å². The van der Waals surface area contributed by atoms with Gasteiger partial charge in [-0.15, -0.1) is 0 Å². The number of halogens is 4. The Hall–Kier alpha value is -4.04. The van der Waals surface area contributed by atoms with Gasteiger partial charge in [-0.05, 0) is 69.1 Å². The molecule has 11 heteroatoms. The van der Waals surface area contributed by atoms with Gasteiger partial charge in [0.1, 0.15) is 5.82 Å². The molecule has 2 aromatic carbocycles. The van der Waals surface area contributed by atoms with Gasteiger partial charge in [-0.2, -0.15) is 18.4 Å². The van der Waals surface area contributed by atoms with E-state index < -0.39 is 34.9 Å². The molecule has 0 unspecified atom stereocenters. The van der Waals surface area contributed by atoms with Crippen molar-refractivity contribution in [3.8, 4) is 6.07 Å². The maximum atomic E-state index is 13.4. The largest absolute Gasteiger partial charge is 0.417 e. The second-order valence-corrected chi connectivity index (χ2v) is 9.49. The normalized spacial score (nSPS) is 16.7. The first-order chi connectivity index (χ1) is 18.5. The maximum Gasteiger partial charge on any atom is 0.417 e. The summed E-state index contributed by atoms with van der Waals surface area (Å²) in [5, 5.41) is 9.00. The van der Waals surface area contributed by atoms with Gasteiger partial charge >= 0.3 is 6.18 Å². The van der Waals surface area contributed by atoms with Crippen LogP contribution < -0.4 is 4.90 Å². The molecule has 2 aromatic rings. The predicted octanol–water partition coefficient (Wildman–Crippen LogP) is 4.53. The van der Waals surface area contributed by atoms with E-state index in [9.17, 15) is 31.9 Å². The van der Waals surface area contributed by atoms with Gasteiger partial charge in [0.15, 0.2) is 0 Å². The average Bonchev–Trinajstić information content (AvgIpc) is 3.12. The van der Waals surface area contributed by atoms with Crippen LogP contribution in [0.2, 0.25) is 0 Å². The first-order valence-electron chi connectivity index (χ1n) is 12.5. The highest BCUT2D eigenvalue weighted by atomic mass is 19.4. The molecular weight excluding hydrogens is 516 g/mol. The highest BCUT2D eigenvalue weighted by molar-refractivity contribution is 6.32. The number of hydrogen-bond acceptors (Lipinski definition) is 5. The summed E-state index contributed by atoms with van der Waals surface area (Å²) in [4.78, 5) is 43.0. The summed E-state index contributed by atoms with van der Waals surface area (Å²) in [5.41, 5.74) is -1.24. The Bertz CT molecular complexity index is 1370. The molecule has 0 atom stereocenters. The topological polar surface area (TPSA) is 84.7 Å². The molecule has 0 saturated carbocycles. The van der Waals surface area contributed by atoms with E-state index >= 15 is 0 Å². The number of nitrogens with zero attached hydrogens (tertiary/aromatic N) is 4. The molecule has 204 valence electrons. The van der Waals surface area contributed by atoms with E-state index in [0.29, 0.717) is 63.6 Å². The minimum atomic E-state index is -4.81. The molecule has 1 saturated heterocycles. The Kier molecular flexibility index (Phi) is 8.16. The number of imide groups is 1. The lowest BCUT2D eigenvalue weighted by molar-refractivity contribution is -0.138. The second kappa shape index (κ2) is 11.4. The van der Waals surface area contributed by atoms with Gasteiger partial charge in [0.05, 0.1) is 22.9 Å². The second-order valence-electron chi connectivity index (χ2n) is 9.49. The van der Waals surface area contributed by atoms with Crippen LogP contribution in [-0.4, -0.2) is 60.2 Å². The van der Waals surface area contributed by atoms with E-state index in [-0.39, 0.29) is 22.7 Å². The Labute approximate surface area is 222 Å². The predicted molar refractivity (Wildman–Crippen MR) is 134 cm³/mol. The first kappa shape index (κ1) is 28.0. The summed E-state index contributed by atoms with van der Waals surface area (Å²) >= 11 is 0.